The van der Waals surface area contributed by atoms with E-state index in [1.807, 2.05) is 0 Å². The maximum absolute atomic E-state index is 10.9. The third-order valence-electron chi connectivity index (χ3n) is 3.72. The van der Waals surface area contributed by atoms with Crippen LogP contribution in [0.15, 0.2) is 18.2 Å². The summed E-state index contributed by atoms with van der Waals surface area (Å²) < 4.78 is 0. The predicted octanol–water partition coefficient (Wildman–Crippen LogP) is 2.40. The van der Waals surface area contributed by atoms with Crippen molar-refractivity contribution in [3.8, 4) is 0 Å². The Balaban J connectivity index is 1.93. The molecule has 0 aromatic heterocycles. The number of nitrogens with zero attached hydrogens (tertiary/aromatic N) is 2. The molecule has 7 heteroatoms. The van der Waals surface area contributed by atoms with E-state index in [9.17, 15) is 14.9 Å². The first kappa shape index (κ1) is 14.7. The van der Waals surface area contributed by atoms with Gasteiger partial charge in [0.1, 0.15) is 0 Å². The number of likely N-dealkylation sites (tertiary alicyclic amines) is 1. The number of carboxylic acids is 1. The van der Waals surface area contributed by atoms with Gasteiger partial charge in [-0.1, -0.05) is 18.5 Å². The maximum atomic E-state index is 10.9. The lowest BCUT2D eigenvalue weighted by molar-refractivity contribution is -0.384. The summed E-state index contributed by atoms with van der Waals surface area (Å²) in [6.45, 7) is 3.71. The highest BCUT2D eigenvalue weighted by Gasteiger charge is 2.34. The van der Waals surface area contributed by atoms with E-state index in [0.29, 0.717) is 24.7 Å². The number of carbonyl (C=O) groups is 1. The minimum absolute atomic E-state index is 0.0280. The minimum Gasteiger partial charge on any atom is -0.481 e. The molecule has 20 heavy (non-hydrogen) atoms. The highest BCUT2D eigenvalue weighted by atomic mass is 35.5. The summed E-state index contributed by atoms with van der Waals surface area (Å²) in [5.41, 5.74) is 0.790. The van der Waals surface area contributed by atoms with Gasteiger partial charge in [-0.15, -0.1) is 0 Å². The fourth-order valence-electron chi connectivity index (χ4n) is 2.28. The van der Waals surface area contributed by atoms with Crippen LogP contribution in [0.1, 0.15) is 12.5 Å². The largest absolute Gasteiger partial charge is 0.481 e. The van der Waals surface area contributed by atoms with Crippen molar-refractivity contribution in [3.05, 3.63) is 38.9 Å². The number of nitro groups is 1. The molecule has 1 N–H and O–H groups in total. The summed E-state index contributed by atoms with van der Waals surface area (Å²) in [7, 11) is 0. The Hall–Kier alpha value is -1.66. The van der Waals surface area contributed by atoms with Gasteiger partial charge in [-0.25, -0.2) is 0 Å². The summed E-state index contributed by atoms with van der Waals surface area (Å²) >= 11 is 6.02. The SMILES string of the molecule is CC(C(=O)O)C1CN(Cc2ccc([N+](=O)[O-])cc2Cl)C1. The standard InChI is InChI=1S/C13H15ClN2O4/c1-8(13(17)18)10-6-15(7-10)5-9-2-3-11(16(19)20)4-12(9)14/h2-4,8,10H,5-7H2,1H3,(H,17,18). The zero-order valence-corrected chi connectivity index (χ0v) is 11.7. The molecule has 6 nitrogen and oxygen atoms in total. The normalized spacial score (nSPS) is 17.5. The second-order valence-electron chi connectivity index (χ2n) is 5.11. The lowest BCUT2D eigenvalue weighted by atomic mass is 9.87. The highest BCUT2D eigenvalue weighted by Crippen LogP contribution is 2.29. The molecular formula is C13H15ClN2O4. The Kier molecular flexibility index (Phi) is 4.25. The van der Waals surface area contributed by atoms with Gasteiger partial charge in [-0.05, 0) is 17.5 Å². The zero-order valence-electron chi connectivity index (χ0n) is 11.0. The van der Waals surface area contributed by atoms with Crippen molar-refractivity contribution in [2.75, 3.05) is 13.1 Å². The molecule has 0 saturated carbocycles. The molecule has 0 aliphatic carbocycles. The molecule has 1 heterocycles. The highest BCUT2D eigenvalue weighted by molar-refractivity contribution is 6.31. The van der Waals surface area contributed by atoms with Gasteiger partial charge in [0.25, 0.3) is 5.69 Å². The second kappa shape index (κ2) is 5.76. The lowest BCUT2D eigenvalue weighted by Crippen LogP contribution is -2.50. The number of non-ortho nitro benzene ring substituents is 1. The topological polar surface area (TPSA) is 83.7 Å². The van der Waals surface area contributed by atoms with Crippen LogP contribution in [0.3, 0.4) is 0 Å². The molecule has 0 bridgehead atoms. The third-order valence-corrected chi connectivity index (χ3v) is 4.08. The molecule has 108 valence electrons. The Morgan fingerprint density at radius 3 is 2.75 bits per heavy atom. The van der Waals surface area contributed by atoms with Crippen molar-refractivity contribution in [1.82, 2.24) is 4.90 Å². The molecule has 2 rings (SSSR count). The van der Waals surface area contributed by atoms with Crippen LogP contribution in [-0.2, 0) is 11.3 Å². The smallest absolute Gasteiger partial charge is 0.306 e. The number of halogens is 1. The van der Waals surface area contributed by atoms with Crippen LogP contribution in [0, 0.1) is 22.0 Å². The quantitative estimate of drug-likeness (QED) is 0.666. The molecule has 1 saturated heterocycles. The third kappa shape index (κ3) is 3.08. The van der Waals surface area contributed by atoms with Gasteiger partial charge in [-0.3, -0.25) is 19.8 Å². The Morgan fingerprint density at radius 2 is 2.25 bits per heavy atom. The van der Waals surface area contributed by atoms with Gasteiger partial charge < -0.3 is 5.11 Å². The average molecular weight is 299 g/mol. The molecule has 1 aliphatic heterocycles. The fourth-order valence-corrected chi connectivity index (χ4v) is 2.51. The molecule has 1 aliphatic rings. The zero-order chi connectivity index (χ0) is 14.9. The number of aliphatic carboxylic acids is 1. The van der Waals surface area contributed by atoms with Crippen LogP contribution in [0.2, 0.25) is 5.02 Å². The second-order valence-corrected chi connectivity index (χ2v) is 5.52. The monoisotopic (exact) mass is 298 g/mol. The summed E-state index contributed by atoms with van der Waals surface area (Å²) in [4.78, 5) is 23.1. The summed E-state index contributed by atoms with van der Waals surface area (Å²) in [6, 6.07) is 4.42. The van der Waals surface area contributed by atoms with Crippen LogP contribution in [0.4, 0.5) is 5.69 Å². The van der Waals surface area contributed by atoms with Crippen LogP contribution >= 0.6 is 11.6 Å². The van der Waals surface area contributed by atoms with Crippen LogP contribution in [0.5, 0.6) is 0 Å². The number of carboxylic acid groups (broad SMARTS) is 1. The first-order chi connectivity index (χ1) is 9.38. The van der Waals surface area contributed by atoms with Gasteiger partial charge in [0.05, 0.1) is 15.9 Å². The summed E-state index contributed by atoms with van der Waals surface area (Å²) in [6.07, 6.45) is 0. The van der Waals surface area contributed by atoms with E-state index < -0.39 is 10.9 Å². The van der Waals surface area contributed by atoms with E-state index >= 15 is 0 Å². The van der Waals surface area contributed by atoms with E-state index in [1.165, 1.54) is 12.1 Å². The molecule has 1 aromatic rings. The van der Waals surface area contributed by atoms with Crippen molar-refractivity contribution in [2.45, 2.75) is 13.5 Å². The molecule has 0 spiro atoms. The van der Waals surface area contributed by atoms with Crippen LogP contribution in [0.25, 0.3) is 0 Å². The van der Waals surface area contributed by atoms with Gasteiger partial charge in [0.2, 0.25) is 0 Å². The van der Waals surface area contributed by atoms with Crippen molar-refractivity contribution >= 4 is 23.3 Å². The van der Waals surface area contributed by atoms with Crippen LogP contribution < -0.4 is 0 Å². The fraction of sp³-hybridized carbons (Fsp3) is 0.462. The Labute approximate surface area is 121 Å². The molecular weight excluding hydrogens is 284 g/mol. The molecule has 0 amide bonds. The van der Waals surface area contributed by atoms with Crippen molar-refractivity contribution in [1.29, 1.82) is 0 Å². The molecule has 1 aromatic carbocycles. The van der Waals surface area contributed by atoms with Crippen molar-refractivity contribution in [3.63, 3.8) is 0 Å². The van der Waals surface area contributed by atoms with Crippen molar-refractivity contribution in [2.24, 2.45) is 11.8 Å². The minimum atomic E-state index is -0.775. The van der Waals surface area contributed by atoms with E-state index in [1.54, 1.807) is 13.0 Å². The lowest BCUT2D eigenvalue weighted by Gasteiger charge is -2.41. The number of rotatable bonds is 5. The molecule has 1 atom stereocenters. The van der Waals surface area contributed by atoms with Gasteiger partial charge in [0.15, 0.2) is 0 Å². The Bertz CT molecular complexity index is 543. The molecule has 1 fully saturated rings. The van der Waals surface area contributed by atoms with Crippen LogP contribution in [-0.4, -0.2) is 34.0 Å². The van der Waals surface area contributed by atoms with Gasteiger partial charge in [0, 0.05) is 31.8 Å². The number of nitro benzene ring substituents is 1. The number of benzene rings is 1. The predicted molar refractivity (Wildman–Crippen MR) is 73.7 cm³/mol. The van der Waals surface area contributed by atoms with Gasteiger partial charge >= 0.3 is 5.97 Å². The first-order valence-electron chi connectivity index (χ1n) is 6.26. The number of hydrogen-bond acceptors (Lipinski definition) is 4. The van der Waals surface area contributed by atoms with Crippen molar-refractivity contribution < 1.29 is 14.8 Å². The van der Waals surface area contributed by atoms with E-state index in [2.05, 4.69) is 4.90 Å². The first-order valence-corrected chi connectivity index (χ1v) is 6.64. The van der Waals surface area contributed by atoms with Gasteiger partial charge in [-0.2, -0.15) is 0 Å². The van der Waals surface area contributed by atoms with E-state index in [4.69, 9.17) is 16.7 Å². The maximum Gasteiger partial charge on any atom is 0.306 e. The summed E-state index contributed by atoms with van der Waals surface area (Å²) in [5, 5.41) is 19.9. The number of hydrogen-bond donors (Lipinski definition) is 1. The molecule has 1 unspecified atom stereocenters. The van der Waals surface area contributed by atoms with E-state index in [-0.39, 0.29) is 17.5 Å². The average Bonchev–Trinajstić information content (AvgIpc) is 2.33. The van der Waals surface area contributed by atoms with E-state index in [0.717, 1.165) is 5.56 Å². The summed E-state index contributed by atoms with van der Waals surface area (Å²) in [5.74, 6) is -0.967. The Morgan fingerprint density at radius 1 is 1.60 bits per heavy atom. The molecule has 0 radical (unpaired) electrons.